The van der Waals surface area contributed by atoms with Gasteiger partial charge in [0, 0.05) is 19.5 Å². The number of rotatable bonds is 5. The summed E-state index contributed by atoms with van der Waals surface area (Å²) in [7, 11) is 0. The molecule has 3 aromatic rings. The van der Waals surface area contributed by atoms with Gasteiger partial charge in [0.1, 0.15) is 5.75 Å². The number of hydrogen-bond donors (Lipinski definition) is 0. The predicted molar refractivity (Wildman–Crippen MR) is 124 cm³/mol. The minimum atomic E-state index is -0.549. The maximum atomic E-state index is 12.8. The van der Waals surface area contributed by atoms with Gasteiger partial charge in [-0.25, -0.2) is 4.90 Å². The average Bonchev–Trinajstić information content (AvgIpc) is 3.32. The third-order valence-corrected chi connectivity index (χ3v) is 6.19. The number of esters is 1. The van der Waals surface area contributed by atoms with Crippen LogP contribution >= 0.6 is 0 Å². The molecule has 5 rings (SSSR count). The van der Waals surface area contributed by atoms with E-state index in [1.54, 1.807) is 54.3 Å². The highest BCUT2D eigenvalue weighted by Gasteiger charge is 2.38. The average molecular weight is 454 g/mol. The molecule has 0 N–H and O–H groups in total. The van der Waals surface area contributed by atoms with Crippen LogP contribution in [0.15, 0.2) is 72.8 Å². The molecular formula is C27H22N2O5. The van der Waals surface area contributed by atoms with E-state index in [9.17, 15) is 19.2 Å². The van der Waals surface area contributed by atoms with Crippen molar-refractivity contribution >= 4 is 29.4 Å². The van der Waals surface area contributed by atoms with Gasteiger partial charge in [0.05, 0.1) is 22.7 Å². The molecule has 0 saturated carbocycles. The lowest BCUT2D eigenvalue weighted by molar-refractivity contribution is -0.139. The first-order chi connectivity index (χ1) is 16.4. The van der Waals surface area contributed by atoms with Gasteiger partial charge in [-0.05, 0) is 48.4 Å². The summed E-state index contributed by atoms with van der Waals surface area (Å²) in [5.74, 6) is -1.56. The monoisotopic (exact) mass is 454 g/mol. The quantitative estimate of drug-likeness (QED) is 0.333. The highest BCUT2D eigenvalue weighted by molar-refractivity contribution is 6.34. The van der Waals surface area contributed by atoms with Gasteiger partial charge < -0.3 is 9.64 Å². The Morgan fingerprint density at radius 2 is 1.56 bits per heavy atom. The van der Waals surface area contributed by atoms with Gasteiger partial charge in [-0.15, -0.1) is 0 Å². The fraction of sp³-hybridized carbons (Fsp3) is 0.185. The Balaban J connectivity index is 1.27. The highest BCUT2D eigenvalue weighted by Crippen LogP contribution is 2.33. The van der Waals surface area contributed by atoms with Crippen molar-refractivity contribution in [3.05, 3.63) is 95.1 Å². The summed E-state index contributed by atoms with van der Waals surface area (Å²) in [4.78, 5) is 53.5. The smallest absolute Gasteiger partial charge is 0.316 e. The molecule has 170 valence electrons. The second-order valence-corrected chi connectivity index (χ2v) is 8.52. The van der Waals surface area contributed by atoms with E-state index < -0.39 is 11.9 Å². The van der Waals surface area contributed by atoms with Crippen molar-refractivity contribution < 1.29 is 23.9 Å². The molecule has 3 amide bonds. The molecule has 0 spiro atoms. The van der Waals surface area contributed by atoms with Gasteiger partial charge >= 0.3 is 5.97 Å². The van der Waals surface area contributed by atoms with E-state index in [0.717, 1.165) is 10.5 Å². The molecule has 1 fully saturated rings. The van der Waals surface area contributed by atoms with E-state index in [2.05, 4.69) is 0 Å². The first-order valence-corrected chi connectivity index (χ1v) is 11.0. The standard InChI is InChI=1S/C27H22N2O5/c1-17-13-20(11-12-23(17)29-25(31)21-9-5-6-10-22(21)26(29)32)34-27(33)19-14-24(30)28(16-19)15-18-7-3-2-4-8-18/h2-13,19H,14-16H2,1H3. The van der Waals surface area contributed by atoms with Crippen molar-refractivity contribution in [2.75, 3.05) is 11.4 Å². The van der Waals surface area contributed by atoms with Gasteiger partial charge in [-0.3, -0.25) is 19.2 Å². The second-order valence-electron chi connectivity index (χ2n) is 8.52. The van der Waals surface area contributed by atoms with E-state index in [0.29, 0.717) is 41.2 Å². The third kappa shape index (κ3) is 3.85. The van der Waals surface area contributed by atoms with Crippen LogP contribution in [-0.2, 0) is 16.1 Å². The maximum absolute atomic E-state index is 12.8. The van der Waals surface area contributed by atoms with Crippen LogP contribution in [0.3, 0.4) is 0 Å². The molecule has 0 aromatic heterocycles. The molecule has 0 radical (unpaired) electrons. The lowest BCUT2D eigenvalue weighted by atomic mass is 10.1. The van der Waals surface area contributed by atoms with Crippen molar-refractivity contribution in [2.45, 2.75) is 19.9 Å². The van der Waals surface area contributed by atoms with Gasteiger partial charge in [0.25, 0.3) is 11.8 Å². The molecule has 1 saturated heterocycles. The van der Waals surface area contributed by atoms with Crippen molar-refractivity contribution in [1.29, 1.82) is 0 Å². The van der Waals surface area contributed by atoms with Crippen LogP contribution in [0.2, 0.25) is 0 Å². The van der Waals surface area contributed by atoms with Crippen molar-refractivity contribution in [1.82, 2.24) is 4.90 Å². The van der Waals surface area contributed by atoms with Crippen LogP contribution in [0.25, 0.3) is 0 Å². The number of carbonyl (C=O) groups excluding carboxylic acids is 4. The number of benzene rings is 3. The SMILES string of the molecule is Cc1cc(OC(=O)C2CC(=O)N(Cc3ccccc3)C2)ccc1N1C(=O)c2ccccc2C1=O. The lowest BCUT2D eigenvalue weighted by Crippen LogP contribution is -2.30. The summed E-state index contributed by atoms with van der Waals surface area (Å²) < 4.78 is 5.55. The molecule has 2 aliphatic heterocycles. The van der Waals surface area contributed by atoms with Gasteiger partial charge in [-0.1, -0.05) is 42.5 Å². The highest BCUT2D eigenvalue weighted by atomic mass is 16.5. The maximum Gasteiger partial charge on any atom is 0.316 e. The number of hydrogen-bond acceptors (Lipinski definition) is 5. The minimum Gasteiger partial charge on any atom is -0.426 e. The summed E-state index contributed by atoms with van der Waals surface area (Å²) >= 11 is 0. The number of aryl methyl sites for hydroxylation is 1. The molecule has 1 atom stereocenters. The fourth-order valence-electron chi connectivity index (χ4n) is 4.44. The number of imide groups is 1. The number of fused-ring (bicyclic) bond motifs is 1. The summed E-state index contributed by atoms with van der Waals surface area (Å²) in [6.07, 6.45) is 0.109. The summed E-state index contributed by atoms with van der Waals surface area (Å²) in [5.41, 5.74) is 2.80. The van der Waals surface area contributed by atoms with E-state index in [1.165, 1.54) is 0 Å². The van der Waals surface area contributed by atoms with Crippen LogP contribution in [-0.4, -0.2) is 35.1 Å². The van der Waals surface area contributed by atoms with Crippen LogP contribution in [0.4, 0.5) is 5.69 Å². The Morgan fingerprint density at radius 1 is 0.912 bits per heavy atom. The molecule has 3 aromatic carbocycles. The van der Waals surface area contributed by atoms with E-state index in [-0.39, 0.29) is 24.1 Å². The number of anilines is 1. The van der Waals surface area contributed by atoms with E-state index in [1.807, 2.05) is 30.3 Å². The number of likely N-dealkylation sites (tertiary alicyclic amines) is 1. The van der Waals surface area contributed by atoms with Crippen molar-refractivity contribution in [3.63, 3.8) is 0 Å². The van der Waals surface area contributed by atoms with Gasteiger partial charge in [0.2, 0.25) is 5.91 Å². The zero-order chi connectivity index (χ0) is 23.8. The fourth-order valence-corrected chi connectivity index (χ4v) is 4.44. The van der Waals surface area contributed by atoms with Crippen molar-refractivity contribution in [3.8, 4) is 5.75 Å². The molecule has 7 heteroatoms. The first-order valence-electron chi connectivity index (χ1n) is 11.0. The molecule has 2 heterocycles. The second kappa shape index (κ2) is 8.59. The third-order valence-electron chi connectivity index (χ3n) is 6.19. The summed E-state index contributed by atoms with van der Waals surface area (Å²) in [6, 6.07) is 21.1. The van der Waals surface area contributed by atoms with Gasteiger partial charge in [-0.2, -0.15) is 0 Å². The zero-order valence-corrected chi connectivity index (χ0v) is 18.6. The minimum absolute atomic E-state index is 0.0806. The molecular weight excluding hydrogens is 432 g/mol. The predicted octanol–water partition coefficient (Wildman–Crippen LogP) is 3.75. The van der Waals surface area contributed by atoms with Crippen LogP contribution in [0.5, 0.6) is 5.75 Å². The Labute approximate surface area is 196 Å². The normalized spacial score (nSPS) is 17.3. The zero-order valence-electron chi connectivity index (χ0n) is 18.6. The van der Waals surface area contributed by atoms with Gasteiger partial charge in [0.15, 0.2) is 0 Å². The molecule has 1 unspecified atom stereocenters. The Hall–Kier alpha value is -4.26. The number of nitrogens with zero attached hydrogens (tertiary/aromatic N) is 2. The number of amides is 3. The topological polar surface area (TPSA) is 84.0 Å². The largest absolute Gasteiger partial charge is 0.426 e. The Kier molecular flexibility index (Phi) is 5.45. The number of carbonyl (C=O) groups is 4. The summed E-state index contributed by atoms with van der Waals surface area (Å²) in [5, 5.41) is 0. The van der Waals surface area contributed by atoms with Crippen LogP contribution in [0, 0.1) is 12.8 Å². The van der Waals surface area contributed by atoms with E-state index in [4.69, 9.17) is 4.74 Å². The van der Waals surface area contributed by atoms with Crippen molar-refractivity contribution in [2.24, 2.45) is 5.92 Å². The number of ether oxygens (including phenoxy) is 1. The van der Waals surface area contributed by atoms with Crippen LogP contribution < -0.4 is 9.64 Å². The first kappa shape index (κ1) is 21.6. The summed E-state index contributed by atoms with van der Waals surface area (Å²) in [6.45, 7) is 2.51. The molecule has 2 aliphatic rings. The van der Waals surface area contributed by atoms with Crippen LogP contribution in [0.1, 0.15) is 38.3 Å². The van der Waals surface area contributed by atoms with E-state index >= 15 is 0 Å². The Morgan fingerprint density at radius 3 is 2.21 bits per heavy atom. The Bertz CT molecular complexity index is 1280. The molecule has 34 heavy (non-hydrogen) atoms. The molecule has 0 aliphatic carbocycles. The molecule has 7 nitrogen and oxygen atoms in total. The lowest BCUT2D eigenvalue weighted by Gasteiger charge is -2.18. The molecule has 0 bridgehead atoms.